The molecule has 1 saturated carbocycles. The molecule has 31 heavy (non-hydrogen) atoms. The van der Waals surface area contributed by atoms with Gasteiger partial charge in [0.25, 0.3) is 0 Å². The lowest BCUT2D eigenvalue weighted by Crippen LogP contribution is -2.36. The highest BCUT2D eigenvalue weighted by Gasteiger charge is 2.57. The van der Waals surface area contributed by atoms with Crippen LogP contribution in [0.4, 0.5) is 5.82 Å². The van der Waals surface area contributed by atoms with Crippen molar-refractivity contribution in [2.45, 2.75) is 19.3 Å². The molecule has 0 bridgehead atoms. The van der Waals surface area contributed by atoms with Crippen LogP contribution in [0.15, 0.2) is 55.4 Å². The van der Waals surface area contributed by atoms with Gasteiger partial charge in [-0.25, -0.2) is 14.2 Å². The van der Waals surface area contributed by atoms with Gasteiger partial charge in [-0.2, -0.15) is 15.5 Å². The van der Waals surface area contributed by atoms with E-state index in [0.717, 1.165) is 29.6 Å². The van der Waals surface area contributed by atoms with E-state index in [9.17, 15) is 10.1 Å². The van der Waals surface area contributed by atoms with Crippen LogP contribution in [0.1, 0.15) is 19.3 Å². The number of hydrogen-bond acceptors (Lipinski definition) is 6. The van der Waals surface area contributed by atoms with Crippen LogP contribution in [0.5, 0.6) is 0 Å². The van der Waals surface area contributed by atoms with Gasteiger partial charge >= 0.3 is 0 Å². The van der Waals surface area contributed by atoms with Crippen molar-refractivity contribution < 1.29 is 4.79 Å². The van der Waals surface area contributed by atoms with Crippen LogP contribution in [0.2, 0.25) is 0 Å². The van der Waals surface area contributed by atoms with Crippen LogP contribution in [0, 0.1) is 22.7 Å². The summed E-state index contributed by atoms with van der Waals surface area (Å²) in [6, 6.07) is 7.94. The van der Waals surface area contributed by atoms with E-state index in [1.165, 1.54) is 0 Å². The first-order chi connectivity index (χ1) is 15.2. The highest BCUT2D eigenvalue weighted by molar-refractivity contribution is 6.04. The molecule has 9 nitrogen and oxygen atoms in total. The van der Waals surface area contributed by atoms with Crippen LogP contribution in [-0.2, 0) is 4.79 Å². The Morgan fingerprint density at radius 2 is 2.03 bits per heavy atom. The Bertz CT molecular complexity index is 1350. The van der Waals surface area contributed by atoms with Gasteiger partial charge in [0.05, 0.1) is 42.2 Å². The van der Waals surface area contributed by atoms with Crippen molar-refractivity contribution in [3.8, 4) is 23.0 Å². The number of hydrogen-bond donors (Lipinski definition) is 0. The minimum Gasteiger partial charge on any atom is -0.294 e. The number of rotatable bonds is 4. The number of carbonyl (C=O) groups excluding carboxylic acids is 1. The van der Waals surface area contributed by atoms with E-state index in [-0.39, 0.29) is 11.8 Å². The second kappa shape index (κ2) is 6.47. The molecule has 1 saturated heterocycles. The summed E-state index contributed by atoms with van der Waals surface area (Å²) in [5.41, 5.74) is 2.10. The van der Waals surface area contributed by atoms with Gasteiger partial charge in [-0.05, 0) is 43.4 Å². The van der Waals surface area contributed by atoms with E-state index >= 15 is 0 Å². The van der Waals surface area contributed by atoms with E-state index in [4.69, 9.17) is 4.98 Å². The Morgan fingerprint density at radius 3 is 2.81 bits per heavy atom. The zero-order valence-corrected chi connectivity index (χ0v) is 16.6. The van der Waals surface area contributed by atoms with Crippen LogP contribution >= 0.6 is 0 Å². The van der Waals surface area contributed by atoms with Gasteiger partial charge < -0.3 is 0 Å². The lowest BCUT2D eigenvalue weighted by atomic mass is 9.83. The highest BCUT2D eigenvalue weighted by Crippen LogP contribution is 2.52. The molecule has 0 unspecified atom stereocenters. The molecule has 0 spiro atoms. The third-order valence-electron chi connectivity index (χ3n) is 6.25. The Kier molecular flexibility index (Phi) is 3.71. The quantitative estimate of drug-likeness (QED) is 0.512. The first-order valence-electron chi connectivity index (χ1n) is 10.2. The molecule has 4 aromatic heterocycles. The largest absolute Gasteiger partial charge is 0.294 e. The number of fused-ring (bicyclic) bond motifs is 1. The van der Waals surface area contributed by atoms with Gasteiger partial charge in [0, 0.05) is 24.5 Å². The Labute approximate surface area is 177 Å². The van der Waals surface area contributed by atoms with Gasteiger partial charge in [0.1, 0.15) is 10.9 Å². The van der Waals surface area contributed by atoms with Crippen molar-refractivity contribution in [1.29, 1.82) is 5.26 Å². The Morgan fingerprint density at radius 1 is 1.13 bits per heavy atom. The summed E-state index contributed by atoms with van der Waals surface area (Å²) in [6.45, 7) is 0.481. The molecule has 0 aromatic carbocycles. The number of amides is 1. The van der Waals surface area contributed by atoms with Gasteiger partial charge in [-0.1, -0.05) is 0 Å². The maximum Gasteiger partial charge on any atom is 0.249 e. The number of pyridine rings is 1. The maximum absolute atomic E-state index is 13.4. The summed E-state index contributed by atoms with van der Waals surface area (Å²) in [4.78, 5) is 24.0. The molecule has 1 aliphatic carbocycles. The molecule has 5 heterocycles. The fourth-order valence-electron chi connectivity index (χ4n) is 4.42. The van der Waals surface area contributed by atoms with Gasteiger partial charge in [0.2, 0.25) is 5.91 Å². The molecule has 2 fully saturated rings. The predicted octanol–water partition coefficient (Wildman–Crippen LogP) is 2.63. The zero-order chi connectivity index (χ0) is 21.0. The Balaban J connectivity index is 1.43. The topological polar surface area (TPSA) is 105 Å². The average Bonchev–Trinajstić information content (AvgIpc) is 3.23. The SMILES string of the molecule is N#C[C@@]1(C2CC2)CCN(c2nc(-c3cnn(-c4cccnc4)c3)cn3nccc23)C1=O. The highest BCUT2D eigenvalue weighted by atomic mass is 16.2. The number of carbonyl (C=O) groups is 1. The zero-order valence-electron chi connectivity index (χ0n) is 16.6. The fourth-order valence-corrected chi connectivity index (χ4v) is 4.42. The summed E-state index contributed by atoms with van der Waals surface area (Å²) in [5, 5.41) is 18.6. The molecule has 6 rings (SSSR count). The summed E-state index contributed by atoms with van der Waals surface area (Å²) in [7, 11) is 0. The predicted molar refractivity (Wildman–Crippen MR) is 111 cm³/mol. The normalized spacial score (nSPS) is 21.0. The van der Waals surface area contributed by atoms with Crippen molar-refractivity contribution in [3.05, 3.63) is 55.4 Å². The number of anilines is 1. The van der Waals surface area contributed by atoms with Gasteiger partial charge in [0.15, 0.2) is 5.82 Å². The van der Waals surface area contributed by atoms with Crippen molar-refractivity contribution in [2.75, 3.05) is 11.4 Å². The van der Waals surface area contributed by atoms with Crippen LogP contribution in [0.25, 0.3) is 22.5 Å². The lowest BCUT2D eigenvalue weighted by molar-refractivity contribution is -0.123. The molecule has 9 heteroatoms. The molecular weight excluding hydrogens is 392 g/mol. The summed E-state index contributed by atoms with van der Waals surface area (Å²) >= 11 is 0. The fraction of sp³-hybridized carbons (Fsp3) is 0.273. The van der Waals surface area contributed by atoms with Crippen LogP contribution in [0.3, 0.4) is 0 Å². The minimum atomic E-state index is -0.917. The van der Waals surface area contributed by atoms with E-state index in [1.807, 2.05) is 30.6 Å². The molecular formula is C22H18N8O. The molecule has 152 valence electrons. The molecule has 1 amide bonds. The number of nitriles is 1. The molecule has 0 radical (unpaired) electrons. The van der Waals surface area contributed by atoms with E-state index in [2.05, 4.69) is 21.3 Å². The van der Waals surface area contributed by atoms with Crippen LogP contribution < -0.4 is 4.90 Å². The third-order valence-corrected chi connectivity index (χ3v) is 6.25. The molecule has 2 aliphatic rings. The first-order valence-corrected chi connectivity index (χ1v) is 10.2. The summed E-state index contributed by atoms with van der Waals surface area (Å²) in [6.07, 6.45) is 13.0. The summed E-state index contributed by atoms with van der Waals surface area (Å²) < 4.78 is 3.45. The maximum atomic E-state index is 13.4. The average molecular weight is 410 g/mol. The molecule has 1 aliphatic heterocycles. The van der Waals surface area contributed by atoms with E-state index in [0.29, 0.717) is 24.5 Å². The van der Waals surface area contributed by atoms with E-state index < -0.39 is 5.41 Å². The second-order valence-electron chi connectivity index (χ2n) is 8.06. The van der Waals surface area contributed by atoms with Crippen molar-refractivity contribution in [2.24, 2.45) is 11.3 Å². The van der Waals surface area contributed by atoms with Crippen molar-refractivity contribution >= 4 is 17.2 Å². The monoisotopic (exact) mass is 410 g/mol. The minimum absolute atomic E-state index is 0.142. The summed E-state index contributed by atoms with van der Waals surface area (Å²) in [5.74, 6) is 0.556. The molecule has 0 N–H and O–H groups in total. The molecule has 4 aromatic rings. The van der Waals surface area contributed by atoms with Gasteiger partial charge in [-0.15, -0.1) is 0 Å². The van der Waals surface area contributed by atoms with Gasteiger partial charge in [-0.3, -0.25) is 14.7 Å². The standard InChI is InChI=1S/C22H18N8O/c23-14-22(16-3-4-16)6-9-28(21(22)31)20-19-5-8-25-30(19)13-18(27-20)15-10-26-29(12-15)17-2-1-7-24-11-17/h1-2,5,7-8,10-13,16H,3-4,6,9H2/t22-/m1/s1. The second-order valence-corrected chi connectivity index (χ2v) is 8.06. The van der Waals surface area contributed by atoms with Crippen molar-refractivity contribution in [1.82, 2.24) is 29.4 Å². The Hall–Kier alpha value is -4.06. The first kappa shape index (κ1) is 17.8. The van der Waals surface area contributed by atoms with E-state index in [1.54, 1.807) is 38.9 Å². The third kappa shape index (κ3) is 2.65. The lowest BCUT2D eigenvalue weighted by Gasteiger charge is -2.21. The number of nitrogens with zero attached hydrogens (tertiary/aromatic N) is 8. The van der Waals surface area contributed by atoms with Crippen molar-refractivity contribution in [3.63, 3.8) is 0 Å². The smallest absolute Gasteiger partial charge is 0.249 e. The molecule has 1 atom stereocenters. The van der Waals surface area contributed by atoms with Crippen LogP contribution in [-0.4, -0.2) is 41.8 Å². The number of aromatic nitrogens is 6.